The van der Waals surface area contributed by atoms with Gasteiger partial charge in [-0.15, -0.1) is 0 Å². The van der Waals surface area contributed by atoms with Crippen LogP contribution >= 0.6 is 11.3 Å². The predicted octanol–water partition coefficient (Wildman–Crippen LogP) is 5.46. The molecule has 0 saturated carbocycles. The molecule has 0 unspecified atom stereocenters. The van der Waals surface area contributed by atoms with Crippen molar-refractivity contribution in [3.63, 3.8) is 0 Å². The van der Waals surface area contributed by atoms with Crippen molar-refractivity contribution in [2.75, 3.05) is 20.8 Å². The lowest BCUT2D eigenvalue weighted by atomic mass is 9.90. The number of esters is 2. The van der Waals surface area contributed by atoms with E-state index in [4.69, 9.17) is 19.2 Å². The lowest BCUT2D eigenvalue weighted by Crippen LogP contribution is -2.40. The summed E-state index contributed by atoms with van der Waals surface area (Å²) in [7, 11) is 2.95. The quantitative estimate of drug-likeness (QED) is 0.217. The molecule has 3 heterocycles. The van der Waals surface area contributed by atoms with Crippen LogP contribution in [0.3, 0.4) is 0 Å². The molecule has 0 amide bonds. The summed E-state index contributed by atoms with van der Waals surface area (Å²) in [6, 6.07) is 18.4. The van der Waals surface area contributed by atoms with Crippen molar-refractivity contribution in [1.29, 1.82) is 0 Å². The van der Waals surface area contributed by atoms with Gasteiger partial charge in [0.1, 0.15) is 11.8 Å². The summed E-state index contributed by atoms with van der Waals surface area (Å²) < 4.78 is 20.5. The number of aromatic nitrogens is 2. The Kier molecular flexibility index (Phi) is 8.46. The Bertz CT molecular complexity index is 2310. The normalized spacial score (nSPS) is 14.6. The minimum atomic E-state index is -0.829. The molecule has 1 atom stereocenters. The number of thiazole rings is 1. The number of hydrogen-bond donors (Lipinski definition) is 0. The Morgan fingerprint density at radius 2 is 1.74 bits per heavy atom. The summed E-state index contributed by atoms with van der Waals surface area (Å²) in [5.41, 5.74) is 5.99. The zero-order valence-corrected chi connectivity index (χ0v) is 28.2. The van der Waals surface area contributed by atoms with E-state index in [2.05, 4.69) is 4.57 Å². The lowest BCUT2D eigenvalue weighted by molar-refractivity contribution is -0.139. The molecule has 5 aromatic rings. The first-order valence-electron chi connectivity index (χ1n) is 15.2. The van der Waals surface area contributed by atoms with Gasteiger partial charge in [0.15, 0.2) is 4.80 Å². The molecule has 240 valence electrons. The zero-order chi connectivity index (χ0) is 33.6. The Morgan fingerprint density at radius 3 is 2.47 bits per heavy atom. The van der Waals surface area contributed by atoms with Crippen LogP contribution in [-0.2, 0) is 14.3 Å². The number of benzene rings is 3. The van der Waals surface area contributed by atoms with Crippen molar-refractivity contribution >= 4 is 40.1 Å². The number of allylic oxidation sites excluding steroid dienone is 1. The summed E-state index contributed by atoms with van der Waals surface area (Å²) in [4.78, 5) is 45.6. The largest absolute Gasteiger partial charge is 0.496 e. The van der Waals surface area contributed by atoms with Gasteiger partial charge < -0.3 is 18.8 Å². The summed E-state index contributed by atoms with van der Waals surface area (Å²) in [5.74, 6) is -0.382. The standard InChI is InChI=1S/C37H35N3O6S/c1-8-46-36(43)31-22(4)38-37-40(33(31)32-27-13-10-9-12-24(27)16-17-29(32)44-6)34(41)30(47-37)19-25-18-20(2)39(23(25)5)28-15-11-14-26(21(28)3)35(42)45-7/h9-19,33H,8H2,1-7H3/b30-19+/t33-/m0/s1. The minimum Gasteiger partial charge on any atom is -0.496 e. The van der Waals surface area contributed by atoms with Gasteiger partial charge >= 0.3 is 11.9 Å². The Labute approximate surface area is 275 Å². The molecule has 0 bridgehead atoms. The molecule has 0 radical (unpaired) electrons. The number of nitrogens with zero attached hydrogens (tertiary/aromatic N) is 3. The summed E-state index contributed by atoms with van der Waals surface area (Å²) in [6.45, 7) is 9.55. The molecule has 47 heavy (non-hydrogen) atoms. The maximum atomic E-state index is 14.5. The highest BCUT2D eigenvalue weighted by molar-refractivity contribution is 7.07. The number of hydrogen-bond acceptors (Lipinski definition) is 8. The number of methoxy groups -OCH3 is 2. The van der Waals surface area contributed by atoms with Gasteiger partial charge in [-0.05, 0) is 86.9 Å². The minimum absolute atomic E-state index is 0.178. The van der Waals surface area contributed by atoms with Crippen LogP contribution in [-0.4, -0.2) is 41.9 Å². The molecule has 9 nitrogen and oxygen atoms in total. The van der Waals surface area contributed by atoms with E-state index in [9.17, 15) is 14.4 Å². The van der Waals surface area contributed by atoms with Gasteiger partial charge in [-0.3, -0.25) is 9.36 Å². The highest BCUT2D eigenvalue weighted by Gasteiger charge is 2.36. The topological polar surface area (TPSA) is 101 Å². The van der Waals surface area contributed by atoms with Crippen molar-refractivity contribution in [2.45, 2.75) is 40.7 Å². The molecule has 0 fully saturated rings. The number of carbonyl (C=O) groups excluding carboxylic acids is 2. The maximum absolute atomic E-state index is 14.5. The molecule has 1 aliphatic rings. The van der Waals surface area contributed by atoms with Crippen LogP contribution in [0.15, 0.2) is 81.7 Å². The van der Waals surface area contributed by atoms with Gasteiger partial charge in [0.2, 0.25) is 0 Å². The van der Waals surface area contributed by atoms with Gasteiger partial charge in [-0.25, -0.2) is 14.6 Å². The fourth-order valence-corrected chi connectivity index (χ4v) is 7.48. The second-order valence-corrected chi connectivity index (χ2v) is 12.3. The average molecular weight is 650 g/mol. The molecule has 1 aliphatic heterocycles. The van der Waals surface area contributed by atoms with Crippen LogP contribution in [0.25, 0.3) is 22.5 Å². The maximum Gasteiger partial charge on any atom is 0.338 e. The lowest BCUT2D eigenvalue weighted by Gasteiger charge is -2.27. The van der Waals surface area contributed by atoms with E-state index in [-0.39, 0.29) is 12.2 Å². The number of rotatable bonds is 7. The summed E-state index contributed by atoms with van der Waals surface area (Å²) in [6.07, 6.45) is 1.86. The van der Waals surface area contributed by atoms with Crippen molar-refractivity contribution in [2.24, 2.45) is 4.99 Å². The highest BCUT2D eigenvalue weighted by atomic mass is 32.1. The first-order chi connectivity index (χ1) is 22.6. The third-order valence-electron chi connectivity index (χ3n) is 8.65. The van der Waals surface area contributed by atoms with Gasteiger partial charge in [-0.2, -0.15) is 0 Å². The van der Waals surface area contributed by atoms with E-state index in [1.54, 1.807) is 31.6 Å². The Morgan fingerprint density at radius 1 is 0.979 bits per heavy atom. The third kappa shape index (κ3) is 5.28. The molecular weight excluding hydrogens is 614 g/mol. The van der Waals surface area contributed by atoms with Crippen LogP contribution in [0.5, 0.6) is 5.75 Å². The number of carbonyl (C=O) groups is 2. The third-order valence-corrected chi connectivity index (χ3v) is 9.63. The van der Waals surface area contributed by atoms with E-state index in [0.29, 0.717) is 37.5 Å². The van der Waals surface area contributed by atoms with E-state index in [1.807, 2.05) is 81.4 Å². The SMILES string of the molecule is CCOC(=O)C1=C(C)N=c2s/c(=C/c3cc(C)n(-c4cccc(C(=O)OC)c4C)c3C)c(=O)n2[C@@H]1c1c(OC)ccc2ccccc12. The fraction of sp³-hybridized carbons (Fsp3) is 0.243. The second-order valence-electron chi connectivity index (χ2n) is 11.3. The molecule has 0 saturated heterocycles. The summed E-state index contributed by atoms with van der Waals surface area (Å²) >= 11 is 1.27. The first kappa shape index (κ1) is 31.7. The van der Waals surface area contributed by atoms with Crippen molar-refractivity contribution in [3.8, 4) is 11.4 Å². The first-order valence-corrected chi connectivity index (χ1v) is 16.0. The smallest absolute Gasteiger partial charge is 0.338 e. The molecule has 2 aromatic heterocycles. The molecule has 0 spiro atoms. The molecule has 6 rings (SSSR count). The van der Waals surface area contributed by atoms with Crippen molar-refractivity contribution in [3.05, 3.63) is 125 Å². The number of aryl methyl sites for hydroxylation is 1. The van der Waals surface area contributed by atoms with Crippen molar-refractivity contribution in [1.82, 2.24) is 9.13 Å². The summed E-state index contributed by atoms with van der Waals surface area (Å²) in [5, 5.41) is 1.80. The molecule has 0 aliphatic carbocycles. The van der Waals surface area contributed by atoms with Gasteiger partial charge in [0, 0.05) is 22.6 Å². The van der Waals surface area contributed by atoms with Crippen LogP contribution in [0, 0.1) is 20.8 Å². The highest BCUT2D eigenvalue weighted by Crippen LogP contribution is 2.40. The van der Waals surface area contributed by atoms with Crippen LogP contribution < -0.4 is 19.6 Å². The van der Waals surface area contributed by atoms with Crippen LogP contribution in [0.1, 0.15) is 58.3 Å². The zero-order valence-electron chi connectivity index (χ0n) is 27.3. The van der Waals surface area contributed by atoms with E-state index in [1.165, 1.54) is 18.4 Å². The van der Waals surface area contributed by atoms with Crippen LogP contribution in [0.4, 0.5) is 0 Å². The van der Waals surface area contributed by atoms with Crippen LogP contribution in [0.2, 0.25) is 0 Å². The number of ether oxygens (including phenoxy) is 3. The Hall–Kier alpha value is -5.22. The number of fused-ring (bicyclic) bond motifs is 2. The monoisotopic (exact) mass is 649 g/mol. The van der Waals surface area contributed by atoms with Gasteiger partial charge in [0.05, 0.1) is 42.2 Å². The predicted molar refractivity (Wildman–Crippen MR) is 182 cm³/mol. The van der Waals surface area contributed by atoms with Gasteiger partial charge in [-0.1, -0.05) is 47.7 Å². The fourth-order valence-electron chi connectivity index (χ4n) is 6.44. The molecular formula is C37H35N3O6S. The van der Waals surface area contributed by atoms with Gasteiger partial charge in [0.25, 0.3) is 5.56 Å². The van der Waals surface area contributed by atoms with E-state index >= 15 is 0 Å². The van der Waals surface area contributed by atoms with E-state index in [0.717, 1.165) is 39.0 Å². The van der Waals surface area contributed by atoms with E-state index < -0.39 is 18.0 Å². The average Bonchev–Trinajstić information content (AvgIpc) is 3.52. The Balaban J connectivity index is 1.58. The molecule has 10 heteroatoms. The second kappa shape index (κ2) is 12.5. The van der Waals surface area contributed by atoms with Crippen molar-refractivity contribution < 1.29 is 23.8 Å². The molecule has 0 N–H and O–H groups in total. The molecule has 3 aromatic carbocycles.